The second-order valence-electron chi connectivity index (χ2n) is 5.32. The summed E-state index contributed by atoms with van der Waals surface area (Å²) in [5.74, 6) is 0.258. The summed E-state index contributed by atoms with van der Waals surface area (Å²) in [7, 11) is 0. The first-order valence-electron chi connectivity index (χ1n) is 7.22. The summed E-state index contributed by atoms with van der Waals surface area (Å²) in [5, 5.41) is 0. The van der Waals surface area contributed by atoms with Crippen LogP contribution in [-0.2, 0) is 4.79 Å². The lowest BCUT2D eigenvalue weighted by Gasteiger charge is -2.21. The fourth-order valence-electron chi connectivity index (χ4n) is 1.62. The minimum absolute atomic E-state index is 0.169. The maximum Gasteiger partial charge on any atom is 0.343 e. The Balaban J connectivity index is 2.84. The summed E-state index contributed by atoms with van der Waals surface area (Å²) in [6.45, 7) is 10.3. The van der Waals surface area contributed by atoms with Crippen LogP contribution >= 0.6 is 11.8 Å². The lowest BCUT2D eigenvalue weighted by molar-refractivity contribution is -0.129. The van der Waals surface area contributed by atoms with E-state index in [2.05, 4.69) is 20.8 Å². The van der Waals surface area contributed by atoms with Gasteiger partial charge in [-0.05, 0) is 38.5 Å². The molecule has 3 heteroatoms. The first-order valence-corrected chi connectivity index (χ1v) is 8.03. The van der Waals surface area contributed by atoms with Crippen molar-refractivity contribution in [3.63, 3.8) is 0 Å². The lowest BCUT2D eigenvalue weighted by Crippen LogP contribution is -2.12. The molecule has 0 N–H and O–H groups in total. The Morgan fingerprint density at radius 1 is 1.33 bits per heavy atom. The quantitative estimate of drug-likeness (QED) is 0.231. The molecule has 2 nitrogen and oxygen atoms in total. The molecule has 0 amide bonds. The van der Waals surface area contributed by atoms with Crippen LogP contribution < -0.4 is 4.74 Å². The van der Waals surface area contributed by atoms with Crippen LogP contribution in [0, 0.1) is 0 Å². The van der Waals surface area contributed by atoms with E-state index in [0.717, 1.165) is 11.3 Å². The molecule has 0 aliphatic carbocycles. The third-order valence-corrected chi connectivity index (χ3v) is 4.49. The van der Waals surface area contributed by atoms with E-state index in [1.165, 1.54) is 0 Å². The molecule has 0 heterocycles. The maximum absolute atomic E-state index is 12.0. The predicted molar refractivity (Wildman–Crippen MR) is 90.9 cm³/mol. The van der Waals surface area contributed by atoms with Crippen LogP contribution in [0.5, 0.6) is 5.75 Å². The molecule has 0 atom stereocenters. The fourth-order valence-corrected chi connectivity index (χ4v) is 2.72. The Kier molecular flexibility index (Phi) is 6.76. The van der Waals surface area contributed by atoms with Gasteiger partial charge in [-0.15, -0.1) is 11.8 Å². The van der Waals surface area contributed by atoms with Crippen LogP contribution in [0.15, 0.2) is 53.0 Å². The van der Waals surface area contributed by atoms with Gasteiger partial charge < -0.3 is 4.74 Å². The molecule has 21 heavy (non-hydrogen) atoms. The molecule has 114 valence electrons. The molecule has 1 aromatic carbocycles. The standard InChI is InChI=1S/C18H24O2S/c1-6-10-14(7-2)17(19)20-15-11-9-12-16(13-15)21-18(4,5)8-3/h6-7,9-13H,8H2,1-5H3/b10-6-,14-7+. The van der Waals surface area contributed by atoms with E-state index < -0.39 is 0 Å². The normalized spacial score (nSPS) is 12.7. The third kappa shape index (κ3) is 5.80. The summed E-state index contributed by atoms with van der Waals surface area (Å²) >= 11 is 1.79. The highest BCUT2D eigenvalue weighted by Gasteiger charge is 2.17. The van der Waals surface area contributed by atoms with Crippen molar-refractivity contribution in [2.75, 3.05) is 0 Å². The Hall–Kier alpha value is -1.48. The van der Waals surface area contributed by atoms with E-state index in [4.69, 9.17) is 4.74 Å². The Morgan fingerprint density at radius 3 is 2.62 bits per heavy atom. The third-order valence-electron chi connectivity index (χ3n) is 3.15. The molecule has 0 fully saturated rings. The molecular weight excluding hydrogens is 280 g/mol. The Labute approximate surface area is 132 Å². The van der Waals surface area contributed by atoms with Gasteiger partial charge in [-0.2, -0.15) is 0 Å². The number of hydrogen-bond acceptors (Lipinski definition) is 3. The Morgan fingerprint density at radius 2 is 2.05 bits per heavy atom. The zero-order valence-electron chi connectivity index (χ0n) is 13.5. The summed E-state index contributed by atoms with van der Waals surface area (Å²) in [4.78, 5) is 13.1. The molecule has 0 aliphatic heterocycles. The van der Waals surface area contributed by atoms with Gasteiger partial charge in [0.25, 0.3) is 0 Å². The van der Waals surface area contributed by atoms with E-state index in [1.54, 1.807) is 23.9 Å². The average molecular weight is 304 g/mol. The van der Waals surface area contributed by atoms with Gasteiger partial charge in [0.05, 0.1) is 5.57 Å². The number of allylic oxidation sites excluding steroid dienone is 2. The summed E-state index contributed by atoms with van der Waals surface area (Å²) in [6.07, 6.45) is 6.40. The second kappa shape index (κ2) is 8.08. The van der Waals surface area contributed by atoms with E-state index in [0.29, 0.717) is 11.3 Å². The molecule has 0 spiro atoms. The number of carbonyl (C=O) groups is 1. The number of hydrogen-bond donors (Lipinski definition) is 0. The van der Waals surface area contributed by atoms with Crippen molar-refractivity contribution in [3.05, 3.63) is 48.1 Å². The summed E-state index contributed by atoms with van der Waals surface area (Å²) < 4.78 is 5.61. The van der Waals surface area contributed by atoms with Crippen molar-refractivity contribution >= 4 is 17.7 Å². The molecule has 0 unspecified atom stereocenters. The lowest BCUT2D eigenvalue weighted by atomic mass is 10.1. The minimum atomic E-state index is -0.326. The predicted octanol–water partition coefficient (Wildman–Crippen LogP) is 5.40. The summed E-state index contributed by atoms with van der Waals surface area (Å²) in [5.41, 5.74) is 0.560. The van der Waals surface area contributed by atoms with Gasteiger partial charge in [-0.25, -0.2) is 4.79 Å². The van der Waals surface area contributed by atoms with Gasteiger partial charge >= 0.3 is 5.97 Å². The number of rotatable bonds is 6. The summed E-state index contributed by atoms with van der Waals surface area (Å²) in [6, 6.07) is 7.69. The monoisotopic (exact) mass is 304 g/mol. The van der Waals surface area contributed by atoms with E-state index >= 15 is 0 Å². The second-order valence-corrected chi connectivity index (χ2v) is 7.10. The number of ether oxygens (including phenoxy) is 1. The zero-order valence-corrected chi connectivity index (χ0v) is 14.3. The molecular formula is C18H24O2S. The van der Waals surface area contributed by atoms with Gasteiger partial charge in [0, 0.05) is 9.64 Å². The fraction of sp³-hybridized carbons (Fsp3) is 0.389. The molecule has 0 bridgehead atoms. The van der Waals surface area contributed by atoms with Crippen molar-refractivity contribution in [3.8, 4) is 5.75 Å². The van der Waals surface area contributed by atoms with Crippen molar-refractivity contribution in [2.24, 2.45) is 0 Å². The molecule has 1 aromatic rings. The van der Waals surface area contributed by atoms with Crippen LogP contribution in [0.25, 0.3) is 0 Å². The van der Waals surface area contributed by atoms with Gasteiger partial charge in [0.1, 0.15) is 5.75 Å². The molecule has 0 radical (unpaired) electrons. The van der Waals surface area contributed by atoms with Crippen LogP contribution in [-0.4, -0.2) is 10.7 Å². The van der Waals surface area contributed by atoms with Crippen LogP contribution in [0.2, 0.25) is 0 Å². The molecule has 0 saturated carbocycles. The molecule has 1 rings (SSSR count). The van der Waals surface area contributed by atoms with Crippen LogP contribution in [0.3, 0.4) is 0 Å². The van der Waals surface area contributed by atoms with E-state index in [9.17, 15) is 4.79 Å². The smallest absolute Gasteiger partial charge is 0.343 e. The Bertz CT molecular complexity index is 542. The van der Waals surface area contributed by atoms with Gasteiger partial charge in [-0.3, -0.25) is 0 Å². The van der Waals surface area contributed by atoms with Gasteiger partial charge in [-0.1, -0.05) is 45.1 Å². The molecule has 0 aliphatic rings. The number of benzene rings is 1. The van der Waals surface area contributed by atoms with E-state index in [1.807, 2.05) is 44.2 Å². The topological polar surface area (TPSA) is 26.3 Å². The van der Waals surface area contributed by atoms with Crippen molar-refractivity contribution in [2.45, 2.75) is 50.7 Å². The van der Waals surface area contributed by atoms with Crippen molar-refractivity contribution < 1.29 is 9.53 Å². The maximum atomic E-state index is 12.0. The van der Waals surface area contributed by atoms with Crippen LogP contribution in [0.4, 0.5) is 0 Å². The molecule has 0 saturated heterocycles. The largest absolute Gasteiger partial charge is 0.423 e. The SMILES string of the molecule is C/C=C\C(=C/C)C(=O)Oc1cccc(SC(C)(C)CC)c1. The highest BCUT2D eigenvalue weighted by Crippen LogP contribution is 2.36. The first-order chi connectivity index (χ1) is 9.91. The van der Waals surface area contributed by atoms with Gasteiger partial charge in [0.2, 0.25) is 0 Å². The van der Waals surface area contributed by atoms with Crippen molar-refractivity contribution in [1.82, 2.24) is 0 Å². The van der Waals surface area contributed by atoms with Crippen molar-refractivity contribution in [1.29, 1.82) is 0 Å². The van der Waals surface area contributed by atoms with E-state index in [-0.39, 0.29) is 10.7 Å². The number of thioether (sulfide) groups is 1. The highest BCUT2D eigenvalue weighted by molar-refractivity contribution is 8.00. The van der Waals surface area contributed by atoms with Gasteiger partial charge in [0.15, 0.2) is 0 Å². The van der Waals surface area contributed by atoms with Crippen LogP contribution in [0.1, 0.15) is 41.0 Å². The minimum Gasteiger partial charge on any atom is -0.423 e. The molecule has 0 aromatic heterocycles. The highest BCUT2D eigenvalue weighted by atomic mass is 32.2. The number of carbonyl (C=O) groups excluding carboxylic acids is 1. The average Bonchev–Trinajstić information content (AvgIpc) is 2.44. The number of esters is 1. The first kappa shape index (κ1) is 17.6. The zero-order chi connectivity index (χ0) is 15.9.